The molecule has 4 nitrogen and oxygen atoms in total. The number of aromatic nitrogens is 1. The highest BCUT2D eigenvalue weighted by Crippen LogP contribution is 2.17. The van der Waals surface area contributed by atoms with Crippen molar-refractivity contribution in [3.63, 3.8) is 0 Å². The van der Waals surface area contributed by atoms with Crippen molar-refractivity contribution in [1.82, 2.24) is 4.57 Å². The topological polar surface area (TPSA) is 59.3 Å². The summed E-state index contributed by atoms with van der Waals surface area (Å²) in [6.45, 7) is 0.418. The fourth-order valence-electron chi connectivity index (χ4n) is 1.69. The molecule has 1 aromatic heterocycles. The van der Waals surface area contributed by atoms with Crippen LogP contribution in [-0.2, 0) is 11.3 Å². The number of carbonyl (C=O) groups excluding carboxylic acids is 1. The van der Waals surface area contributed by atoms with Gasteiger partial charge in [0.2, 0.25) is 0 Å². The van der Waals surface area contributed by atoms with Crippen LogP contribution in [0.5, 0.6) is 0 Å². The van der Waals surface area contributed by atoms with Gasteiger partial charge in [0.25, 0.3) is 0 Å². The zero-order chi connectivity index (χ0) is 11.5. The number of nitrogens with zero attached hydrogens (tertiary/aromatic N) is 1. The third-order valence-electron chi connectivity index (χ3n) is 2.50. The van der Waals surface area contributed by atoms with Crippen LogP contribution >= 0.6 is 0 Å². The quantitative estimate of drug-likeness (QED) is 0.796. The van der Waals surface area contributed by atoms with E-state index in [1.807, 2.05) is 22.9 Å². The van der Waals surface area contributed by atoms with Crippen LogP contribution in [0.1, 0.15) is 16.8 Å². The van der Waals surface area contributed by atoms with Crippen LogP contribution in [0, 0.1) is 0 Å². The minimum Gasteiger partial charge on any atom is -0.481 e. The Labute approximate surface area is 92.1 Å². The fourth-order valence-corrected chi connectivity index (χ4v) is 1.69. The largest absolute Gasteiger partial charge is 0.481 e. The van der Waals surface area contributed by atoms with Gasteiger partial charge in [-0.2, -0.15) is 0 Å². The van der Waals surface area contributed by atoms with E-state index in [1.165, 1.54) is 0 Å². The maximum atomic E-state index is 10.6. The van der Waals surface area contributed by atoms with Crippen LogP contribution in [-0.4, -0.2) is 21.9 Å². The Morgan fingerprint density at radius 1 is 1.38 bits per heavy atom. The van der Waals surface area contributed by atoms with E-state index in [0.717, 1.165) is 17.2 Å². The lowest BCUT2D eigenvalue weighted by Crippen LogP contribution is -2.03. The molecule has 16 heavy (non-hydrogen) atoms. The average molecular weight is 217 g/mol. The number of hydrogen-bond donors (Lipinski definition) is 1. The summed E-state index contributed by atoms with van der Waals surface area (Å²) in [5.74, 6) is -0.826. The molecule has 0 radical (unpaired) electrons. The van der Waals surface area contributed by atoms with Crippen molar-refractivity contribution >= 4 is 23.2 Å². The van der Waals surface area contributed by atoms with Gasteiger partial charge in [-0.3, -0.25) is 9.59 Å². The third kappa shape index (κ3) is 1.95. The zero-order valence-electron chi connectivity index (χ0n) is 8.59. The maximum absolute atomic E-state index is 10.6. The number of aldehydes is 1. The summed E-state index contributed by atoms with van der Waals surface area (Å²) in [5.41, 5.74) is 1.49. The molecule has 0 fully saturated rings. The number of hydrogen-bond acceptors (Lipinski definition) is 2. The van der Waals surface area contributed by atoms with Crippen molar-refractivity contribution in [3.8, 4) is 0 Å². The Bertz CT molecular complexity index is 542. The molecule has 0 aliphatic carbocycles. The van der Waals surface area contributed by atoms with Crippen molar-refractivity contribution < 1.29 is 14.7 Å². The first-order chi connectivity index (χ1) is 7.70. The molecule has 0 bridgehead atoms. The van der Waals surface area contributed by atoms with Gasteiger partial charge in [0, 0.05) is 23.8 Å². The lowest BCUT2D eigenvalue weighted by atomic mass is 10.2. The molecule has 1 aromatic carbocycles. The van der Waals surface area contributed by atoms with Crippen molar-refractivity contribution in [1.29, 1.82) is 0 Å². The molecule has 0 unspecified atom stereocenters. The molecule has 0 amide bonds. The van der Waals surface area contributed by atoms with E-state index in [0.29, 0.717) is 12.1 Å². The first-order valence-corrected chi connectivity index (χ1v) is 4.96. The van der Waals surface area contributed by atoms with E-state index >= 15 is 0 Å². The van der Waals surface area contributed by atoms with E-state index < -0.39 is 5.97 Å². The standard InChI is InChI=1S/C12H11NO3/c14-8-9-1-2-10-3-5-13(11(10)7-9)6-4-12(15)16/h1-3,5,7-8H,4,6H2,(H,15,16). The molecule has 2 rings (SSSR count). The number of benzene rings is 1. The fraction of sp³-hybridized carbons (Fsp3) is 0.167. The summed E-state index contributed by atoms with van der Waals surface area (Å²) in [6, 6.07) is 7.28. The number of fused-ring (bicyclic) bond motifs is 1. The number of carbonyl (C=O) groups is 2. The summed E-state index contributed by atoms with van der Waals surface area (Å²) in [4.78, 5) is 21.1. The van der Waals surface area contributed by atoms with Crippen LogP contribution in [0.4, 0.5) is 0 Å². The monoisotopic (exact) mass is 217 g/mol. The smallest absolute Gasteiger partial charge is 0.305 e. The summed E-state index contributed by atoms with van der Waals surface area (Å²) in [5, 5.41) is 9.63. The maximum Gasteiger partial charge on any atom is 0.305 e. The normalized spacial score (nSPS) is 10.5. The molecule has 0 atom stereocenters. The lowest BCUT2D eigenvalue weighted by molar-refractivity contribution is -0.137. The average Bonchev–Trinajstić information content (AvgIpc) is 2.68. The predicted molar refractivity (Wildman–Crippen MR) is 59.6 cm³/mol. The van der Waals surface area contributed by atoms with Crippen LogP contribution in [0.2, 0.25) is 0 Å². The summed E-state index contributed by atoms with van der Waals surface area (Å²) >= 11 is 0. The molecule has 82 valence electrons. The number of carboxylic acids is 1. The Morgan fingerprint density at radius 3 is 2.88 bits per heavy atom. The van der Waals surface area contributed by atoms with Crippen molar-refractivity contribution in [2.75, 3.05) is 0 Å². The highest BCUT2D eigenvalue weighted by molar-refractivity contribution is 5.87. The summed E-state index contributed by atoms with van der Waals surface area (Å²) in [7, 11) is 0. The number of carboxylic acid groups (broad SMARTS) is 1. The van der Waals surface area contributed by atoms with Gasteiger partial charge in [-0.15, -0.1) is 0 Å². The molecule has 0 spiro atoms. The minimum atomic E-state index is -0.826. The molecule has 1 heterocycles. The van der Waals surface area contributed by atoms with Gasteiger partial charge in [0.1, 0.15) is 6.29 Å². The van der Waals surface area contributed by atoms with Gasteiger partial charge in [-0.05, 0) is 17.5 Å². The van der Waals surface area contributed by atoms with Crippen LogP contribution in [0.25, 0.3) is 10.9 Å². The van der Waals surface area contributed by atoms with Crippen LogP contribution in [0.3, 0.4) is 0 Å². The molecular weight excluding hydrogens is 206 g/mol. The Balaban J connectivity index is 2.37. The molecule has 2 aromatic rings. The Morgan fingerprint density at radius 2 is 2.19 bits per heavy atom. The van der Waals surface area contributed by atoms with E-state index in [2.05, 4.69) is 0 Å². The van der Waals surface area contributed by atoms with Crippen molar-refractivity contribution in [2.24, 2.45) is 0 Å². The first-order valence-electron chi connectivity index (χ1n) is 4.96. The highest BCUT2D eigenvalue weighted by atomic mass is 16.4. The number of rotatable bonds is 4. The summed E-state index contributed by atoms with van der Waals surface area (Å²) < 4.78 is 1.84. The lowest BCUT2D eigenvalue weighted by Gasteiger charge is -2.03. The molecule has 0 saturated carbocycles. The van der Waals surface area contributed by atoms with E-state index in [9.17, 15) is 9.59 Å². The third-order valence-corrected chi connectivity index (χ3v) is 2.50. The SMILES string of the molecule is O=Cc1ccc2ccn(CCC(=O)O)c2c1. The molecular formula is C12H11NO3. The van der Waals surface area contributed by atoms with Gasteiger partial charge in [-0.25, -0.2) is 0 Å². The van der Waals surface area contributed by atoms with Gasteiger partial charge in [0.05, 0.1) is 6.42 Å². The molecule has 4 heteroatoms. The number of aryl methyl sites for hydroxylation is 1. The molecule has 0 aliphatic heterocycles. The second kappa shape index (κ2) is 4.18. The van der Waals surface area contributed by atoms with Gasteiger partial charge in [0.15, 0.2) is 0 Å². The van der Waals surface area contributed by atoms with Gasteiger partial charge < -0.3 is 9.67 Å². The molecule has 1 N–H and O–H groups in total. The zero-order valence-corrected chi connectivity index (χ0v) is 8.59. The van der Waals surface area contributed by atoms with Crippen LogP contribution in [0.15, 0.2) is 30.5 Å². The molecule has 0 saturated heterocycles. The van der Waals surface area contributed by atoms with E-state index in [-0.39, 0.29) is 6.42 Å². The highest BCUT2D eigenvalue weighted by Gasteiger charge is 2.04. The van der Waals surface area contributed by atoms with Crippen LogP contribution < -0.4 is 0 Å². The molecule has 0 aliphatic rings. The second-order valence-electron chi connectivity index (χ2n) is 3.59. The number of aliphatic carboxylic acids is 1. The van der Waals surface area contributed by atoms with Crippen molar-refractivity contribution in [3.05, 3.63) is 36.0 Å². The first kappa shape index (κ1) is 10.4. The minimum absolute atomic E-state index is 0.0785. The summed E-state index contributed by atoms with van der Waals surface area (Å²) in [6.07, 6.45) is 2.70. The van der Waals surface area contributed by atoms with E-state index in [4.69, 9.17) is 5.11 Å². The predicted octanol–water partition coefficient (Wildman–Crippen LogP) is 1.93. The second-order valence-corrected chi connectivity index (χ2v) is 3.59. The van der Waals surface area contributed by atoms with Crippen molar-refractivity contribution in [2.45, 2.75) is 13.0 Å². The van der Waals surface area contributed by atoms with E-state index in [1.54, 1.807) is 12.1 Å². The van der Waals surface area contributed by atoms with Gasteiger partial charge in [-0.1, -0.05) is 12.1 Å². The Hall–Kier alpha value is -2.10. The Kier molecular flexibility index (Phi) is 2.72. The van der Waals surface area contributed by atoms with Gasteiger partial charge >= 0.3 is 5.97 Å².